The zero-order valence-electron chi connectivity index (χ0n) is 9.85. The van der Waals surface area contributed by atoms with E-state index < -0.39 is 0 Å². The lowest BCUT2D eigenvalue weighted by molar-refractivity contribution is 0.340. The van der Waals surface area contributed by atoms with Crippen molar-refractivity contribution < 1.29 is 0 Å². The Balaban J connectivity index is 1.91. The molecule has 0 saturated heterocycles. The third kappa shape index (κ3) is 1.85. The lowest BCUT2D eigenvalue weighted by Gasteiger charge is -2.30. The summed E-state index contributed by atoms with van der Waals surface area (Å²) in [5.41, 5.74) is 8.78. The maximum Gasteiger partial charge on any atom is 0.110 e. The van der Waals surface area contributed by atoms with Crippen molar-refractivity contribution in [2.24, 2.45) is 5.73 Å². The van der Waals surface area contributed by atoms with Crippen LogP contribution in [0.4, 0.5) is 0 Å². The van der Waals surface area contributed by atoms with Crippen molar-refractivity contribution in [1.82, 2.24) is 15.0 Å². The van der Waals surface area contributed by atoms with Crippen LogP contribution < -0.4 is 5.73 Å². The zero-order valence-corrected chi connectivity index (χ0v) is 9.85. The van der Waals surface area contributed by atoms with Crippen LogP contribution in [-0.2, 0) is 0 Å². The molecule has 1 saturated carbocycles. The number of aromatic amines is 1. The Morgan fingerprint density at radius 1 is 1.35 bits per heavy atom. The highest BCUT2D eigenvalue weighted by atomic mass is 15.0. The van der Waals surface area contributed by atoms with Crippen molar-refractivity contribution in [3.05, 3.63) is 35.9 Å². The van der Waals surface area contributed by atoms with E-state index in [2.05, 4.69) is 15.0 Å². The maximum atomic E-state index is 5.81. The van der Waals surface area contributed by atoms with Gasteiger partial charge in [-0.05, 0) is 31.9 Å². The highest BCUT2D eigenvalue weighted by Crippen LogP contribution is 2.35. The zero-order chi connectivity index (χ0) is 11.8. The lowest BCUT2D eigenvalue weighted by atomic mass is 9.80. The average Bonchev–Trinajstić information content (AvgIpc) is 2.68. The summed E-state index contributed by atoms with van der Waals surface area (Å²) in [5.74, 6) is 1.56. The van der Waals surface area contributed by atoms with E-state index in [4.69, 9.17) is 5.73 Å². The number of H-pyrrole nitrogens is 1. The molecule has 1 aliphatic rings. The summed E-state index contributed by atoms with van der Waals surface area (Å²) in [6, 6.07) is 6.23. The number of nitrogens with two attached hydrogens (primary N) is 1. The SMILES string of the molecule is Cc1[nH]c(C2CC(N)C2)nc1-c1ccccn1. The molecule has 0 radical (unpaired) electrons. The molecule has 2 aromatic heterocycles. The molecule has 0 aromatic carbocycles. The summed E-state index contributed by atoms with van der Waals surface area (Å²) in [5, 5.41) is 0. The molecule has 0 amide bonds. The average molecular weight is 228 g/mol. The fourth-order valence-corrected chi connectivity index (χ4v) is 2.31. The van der Waals surface area contributed by atoms with Gasteiger partial charge in [-0.25, -0.2) is 4.98 Å². The minimum absolute atomic E-state index is 0.351. The van der Waals surface area contributed by atoms with Crippen LogP contribution in [0.3, 0.4) is 0 Å². The number of aryl methyl sites for hydroxylation is 1. The quantitative estimate of drug-likeness (QED) is 0.826. The fraction of sp³-hybridized carbons (Fsp3) is 0.385. The Hall–Kier alpha value is -1.68. The number of hydrogen-bond acceptors (Lipinski definition) is 3. The number of imidazole rings is 1. The van der Waals surface area contributed by atoms with Crippen LogP contribution in [0.5, 0.6) is 0 Å². The van der Waals surface area contributed by atoms with Crippen LogP contribution in [0, 0.1) is 6.92 Å². The first kappa shape index (κ1) is 10.5. The summed E-state index contributed by atoms with van der Waals surface area (Å²) >= 11 is 0. The van der Waals surface area contributed by atoms with Gasteiger partial charge in [0.15, 0.2) is 0 Å². The number of rotatable bonds is 2. The van der Waals surface area contributed by atoms with E-state index in [-0.39, 0.29) is 0 Å². The number of nitrogens with zero attached hydrogens (tertiary/aromatic N) is 2. The number of pyridine rings is 1. The standard InChI is InChI=1S/C13H16N4/c1-8-12(11-4-2-3-5-15-11)17-13(16-8)9-6-10(14)7-9/h2-5,9-10H,6-7,14H2,1H3,(H,16,17). The van der Waals surface area contributed by atoms with Gasteiger partial charge in [-0.15, -0.1) is 0 Å². The van der Waals surface area contributed by atoms with Crippen molar-refractivity contribution in [1.29, 1.82) is 0 Å². The Morgan fingerprint density at radius 3 is 2.82 bits per heavy atom. The molecule has 0 aliphatic heterocycles. The normalized spacial score (nSPS) is 23.4. The predicted molar refractivity (Wildman–Crippen MR) is 66.5 cm³/mol. The third-order valence-corrected chi connectivity index (χ3v) is 3.37. The molecule has 88 valence electrons. The molecule has 0 bridgehead atoms. The molecule has 4 heteroatoms. The number of nitrogens with one attached hydrogen (secondary N) is 1. The summed E-state index contributed by atoms with van der Waals surface area (Å²) in [6.07, 6.45) is 3.87. The molecule has 0 atom stereocenters. The highest BCUT2D eigenvalue weighted by Gasteiger charge is 2.30. The molecule has 0 spiro atoms. The summed E-state index contributed by atoms with van der Waals surface area (Å²) < 4.78 is 0. The first-order valence-electron chi connectivity index (χ1n) is 5.97. The van der Waals surface area contributed by atoms with E-state index in [1.807, 2.05) is 25.1 Å². The minimum Gasteiger partial charge on any atom is -0.345 e. The van der Waals surface area contributed by atoms with Crippen LogP contribution in [0.2, 0.25) is 0 Å². The van der Waals surface area contributed by atoms with Gasteiger partial charge < -0.3 is 10.7 Å². The van der Waals surface area contributed by atoms with Crippen LogP contribution in [-0.4, -0.2) is 21.0 Å². The predicted octanol–water partition coefficient (Wildman–Crippen LogP) is 1.98. The van der Waals surface area contributed by atoms with E-state index in [1.54, 1.807) is 6.20 Å². The first-order chi connectivity index (χ1) is 8.24. The van der Waals surface area contributed by atoms with Crippen LogP contribution >= 0.6 is 0 Å². The van der Waals surface area contributed by atoms with Gasteiger partial charge in [-0.1, -0.05) is 6.07 Å². The van der Waals surface area contributed by atoms with E-state index in [1.165, 1.54) is 0 Å². The van der Waals surface area contributed by atoms with Gasteiger partial charge in [0.2, 0.25) is 0 Å². The molecule has 2 aromatic rings. The first-order valence-corrected chi connectivity index (χ1v) is 5.97. The van der Waals surface area contributed by atoms with Gasteiger partial charge in [0.1, 0.15) is 11.5 Å². The van der Waals surface area contributed by atoms with Gasteiger partial charge in [0.05, 0.1) is 5.69 Å². The van der Waals surface area contributed by atoms with Crippen molar-refractivity contribution in [2.45, 2.75) is 31.7 Å². The van der Waals surface area contributed by atoms with Gasteiger partial charge in [-0.2, -0.15) is 0 Å². The molecule has 0 unspecified atom stereocenters. The van der Waals surface area contributed by atoms with Gasteiger partial charge >= 0.3 is 0 Å². The third-order valence-electron chi connectivity index (χ3n) is 3.37. The van der Waals surface area contributed by atoms with Gasteiger partial charge in [0, 0.05) is 23.9 Å². The maximum absolute atomic E-state index is 5.81. The van der Waals surface area contributed by atoms with Gasteiger partial charge in [-0.3, -0.25) is 4.98 Å². The van der Waals surface area contributed by atoms with E-state index in [9.17, 15) is 0 Å². The molecule has 17 heavy (non-hydrogen) atoms. The van der Waals surface area contributed by atoms with Gasteiger partial charge in [0.25, 0.3) is 0 Å². The Kier molecular flexibility index (Phi) is 2.44. The van der Waals surface area contributed by atoms with Crippen molar-refractivity contribution in [3.8, 4) is 11.4 Å². The lowest BCUT2D eigenvalue weighted by Crippen LogP contribution is -2.35. The van der Waals surface area contributed by atoms with E-state index >= 15 is 0 Å². The van der Waals surface area contributed by atoms with Crippen molar-refractivity contribution in [3.63, 3.8) is 0 Å². The van der Waals surface area contributed by atoms with Crippen LogP contribution in [0.1, 0.15) is 30.3 Å². The monoisotopic (exact) mass is 228 g/mol. The molecular weight excluding hydrogens is 212 g/mol. The highest BCUT2D eigenvalue weighted by molar-refractivity contribution is 5.57. The molecule has 2 heterocycles. The minimum atomic E-state index is 0.351. The van der Waals surface area contributed by atoms with Crippen molar-refractivity contribution >= 4 is 0 Å². The number of hydrogen-bond donors (Lipinski definition) is 2. The largest absolute Gasteiger partial charge is 0.345 e. The summed E-state index contributed by atoms with van der Waals surface area (Å²) in [7, 11) is 0. The van der Waals surface area contributed by atoms with E-state index in [0.29, 0.717) is 12.0 Å². The van der Waals surface area contributed by atoms with E-state index in [0.717, 1.165) is 35.7 Å². The Morgan fingerprint density at radius 2 is 2.18 bits per heavy atom. The van der Waals surface area contributed by atoms with Crippen molar-refractivity contribution in [2.75, 3.05) is 0 Å². The second-order valence-corrected chi connectivity index (χ2v) is 4.74. The smallest absolute Gasteiger partial charge is 0.110 e. The Bertz CT molecular complexity index is 511. The second kappa shape index (κ2) is 3.96. The second-order valence-electron chi connectivity index (χ2n) is 4.74. The molecular formula is C13H16N4. The fourth-order valence-electron chi connectivity index (χ4n) is 2.31. The summed E-state index contributed by atoms with van der Waals surface area (Å²) in [4.78, 5) is 12.4. The molecule has 4 nitrogen and oxygen atoms in total. The molecule has 3 rings (SSSR count). The Labute approximate surface area is 100 Å². The van der Waals surface area contributed by atoms with Crippen LogP contribution in [0.25, 0.3) is 11.4 Å². The molecule has 1 fully saturated rings. The number of aromatic nitrogens is 3. The summed E-state index contributed by atoms with van der Waals surface area (Å²) in [6.45, 7) is 2.04. The topological polar surface area (TPSA) is 67.6 Å². The molecule has 1 aliphatic carbocycles. The molecule has 3 N–H and O–H groups in total. The van der Waals surface area contributed by atoms with Crippen LogP contribution in [0.15, 0.2) is 24.4 Å².